The summed E-state index contributed by atoms with van der Waals surface area (Å²) >= 11 is 0. The first kappa shape index (κ1) is 11.5. The molecule has 14 heavy (non-hydrogen) atoms. The third kappa shape index (κ3) is 4.07. The molecule has 82 valence electrons. The second-order valence-electron chi connectivity index (χ2n) is 3.98. The summed E-state index contributed by atoms with van der Waals surface area (Å²) in [6, 6.07) is 0.629. The maximum Gasteiger partial charge on any atom is 0.221 e. The molecular formula is C10H21N3O. The summed E-state index contributed by atoms with van der Waals surface area (Å²) in [5.41, 5.74) is 0. The number of hydrogen-bond donors (Lipinski definition) is 2. The molecule has 1 aliphatic rings. The van der Waals surface area contributed by atoms with Gasteiger partial charge in [-0.25, -0.2) is 0 Å². The zero-order chi connectivity index (χ0) is 10.4. The van der Waals surface area contributed by atoms with Gasteiger partial charge in [0.1, 0.15) is 0 Å². The van der Waals surface area contributed by atoms with Gasteiger partial charge in [-0.3, -0.25) is 4.79 Å². The van der Waals surface area contributed by atoms with Crippen LogP contribution in [0.3, 0.4) is 0 Å². The van der Waals surface area contributed by atoms with Gasteiger partial charge in [0.25, 0.3) is 0 Å². The van der Waals surface area contributed by atoms with Gasteiger partial charge in [0.15, 0.2) is 0 Å². The quantitative estimate of drug-likeness (QED) is 0.645. The second-order valence-corrected chi connectivity index (χ2v) is 3.98. The maximum atomic E-state index is 11.0. The van der Waals surface area contributed by atoms with E-state index >= 15 is 0 Å². The van der Waals surface area contributed by atoms with Crippen molar-refractivity contribution in [3.63, 3.8) is 0 Å². The van der Waals surface area contributed by atoms with Gasteiger partial charge in [-0.05, 0) is 26.4 Å². The lowest BCUT2D eigenvalue weighted by atomic mass is 10.2. The van der Waals surface area contributed by atoms with Gasteiger partial charge >= 0.3 is 0 Å². The summed E-state index contributed by atoms with van der Waals surface area (Å²) in [4.78, 5) is 13.2. The summed E-state index contributed by atoms with van der Waals surface area (Å²) in [5.74, 6) is 0.122. The van der Waals surface area contributed by atoms with E-state index < -0.39 is 0 Å². The molecule has 0 bridgehead atoms. The Labute approximate surface area is 86.0 Å². The van der Waals surface area contributed by atoms with Crippen LogP contribution in [0.25, 0.3) is 0 Å². The number of rotatable bonds is 5. The average Bonchev–Trinajstić information content (AvgIpc) is 2.66. The summed E-state index contributed by atoms with van der Waals surface area (Å²) in [6.07, 6.45) is 3.15. The topological polar surface area (TPSA) is 44.4 Å². The van der Waals surface area contributed by atoms with Crippen LogP contribution in [-0.2, 0) is 4.79 Å². The molecule has 1 heterocycles. The third-order valence-corrected chi connectivity index (χ3v) is 2.69. The molecule has 0 aliphatic carbocycles. The molecule has 1 aliphatic heterocycles. The van der Waals surface area contributed by atoms with Crippen molar-refractivity contribution < 1.29 is 4.79 Å². The predicted octanol–water partition coefficient (Wildman–Crippen LogP) is -0.194. The molecule has 0 spiro atoms. The van der Waals surface area contributed by atoms with E-state index in [4.69, 9.17) is 0 Å². The number of carbonyl (C=O) groups excluding carboxylic acids is 1. The minimum Gasteiger partial charge on any atom is -0.359 e. The fraction of sp³-hybridized carbons (Fsp3) is 0.900. The Morgan fingerprint density at radius 2 is 2.43 bits per heavy atom. The molecule has 4 heteroatoms. The van der Waals surface area contributed by atoms with Gasteiger partial charge in [-0.1, -0.05) is 0 Å². The lowest BCUT2D eigenvalue weighted by Gasteiger charge is -2.20. The van der Waals surface area contributed by atoms with Crippen molar-refractivity contribution in [3.05, 3.63) is 0 Å². The van der Waals surface area contributed by atoms with Crippen molar-refractivity contribution in [1.29, 1.82) is 0 Å². The molecule has 0 saturated carbocycles. The molecule has 0 aromatic carbocycles. The number of carbonyl (C=O) groups is 1. The van der Waals surface area contributed by atoms with Gasteiger partial charge in [-0.15, -0.1) is 0 Å². The van der Waals surface area contributed by atoms with Gasteiger partial charge in [0.05, 0.1) is 0 Å². The first-order valence-electron chi connectivity index (χ1n) is 5.35. The smallest absolute Gasteiger partial charge is 0.221 e. The van der Waals surface area contributed by atoms with Crippen LogP contribution in [0.5, 0.6) is 0 Å². The Bertz CT molecular complexity index is 178. The highest BCUT2D eigenvalue weighted by atomic mass is 16.1. The molecule has 1 fully saturated rings. The number of nitrogens with one attached hydrogen (secondary N) is 2. The van der Waals surface area contributed by atoms with E-state index in [2.05, 4.69) is 22.6 Å². The third-order valence-electron chi connectivity index (χ3n) is 2.69. The molecule has 0 radical (unpaired) electrons. The van der Waals surface area contributed by atoms with Crippen LogP contribution in [0.1, 0.15) is 19.3 Å². The lowest BCUT2D eigenvalue weighted by molar-refractivity contribution is -0.120. The van der Waals surface area contributed by atoms with E-state index in [1.807, 2.05) is 0 Å². The molecule has 1 atom stereocenters. The van der Waals surface area contributed by atoms with Crippen molar-refractivity contribution >= 4 is 5.91 Å². The van der Waals surface area contributed by atoms with Crippen LogP contribution in [0.15, 0.2) is 0 Å². The summed E-state index contributed by atoms with van der Waals surface area (Å²) in [6.45, 7) is 3.04. The van der Waals surface area contributed by atoms with Gasteiger partial charge < -0.3 is 15.5 Å². The fourth-order valence-electron chi connectivity index (χ4n) is 1.80. The van der Waals surface area contributed by atoms with Gasteiger partial charge in [0.2, 0.25) is 5.91 Å². The second kappa shape index (κ2) is 5.98. The summed E-state index contributed by atoms with van der Waals surface area (Å²) in [5, 5.41) is 6.08. The Kier molecular flexibility index (Phi) is 4.90. The summed E-state index contributed by atoms with van der Waals surface area (Å²) in [7, 11) is 3.75. The number of nitrogens with zero attached hydrogens (tertiary/aromatic N) is 1. The van der Waals surface area contributed by atoms with Crippen molar-refractivity contribution in [2.24, 2.45) is 0 Å². The highest BCUT2D eigenvalue weighted by Gasteiger charge is 2.15. The highest BCUT2D eigenvalue weighted by molar-refractivity contribution is 5.75. The van der Waals surface area contributed by atoms with E-state index in [1.54, 1.807) is 7.05 Å². The molecule has 1 saturated heterocycles. The molecule has 2 N–H and O–H groups in total. The number of likely N-dealkylation sites (N-methyl/N-ethyl adjacent to an activating group) is 1. The zero-order valence-corrected chi connectivity index (χ0v) is 9.18. The van der Waals surface area contributed by atoms with Crippen LogP contribution < -0.4 is 10.6 Å². The standard InChI is InChI=1S/C10H21N3O/c1-11-10(14)5-7-13(2)8-9-4-3-6-12-9/h9,12H,3-8H2,1-2H3,(H,11,14)/t9-/m0/s1. The van der Waals surface area contributed by atoms with Gasteiger partial charge in [-0.2, -0.15) is 0 Å². The van der Waals surface area contributed by atoms with Gasteiger partial charge in [0, 0.05) is 32.6 Å². The molecule has 0 unspecified atom stereocenters. The normalized spacial score (nSPS) is 21.5. The van der Waals surface area contributed by atoms with Crippen molar-refractivity contribution in [1.82, 2.24) is 15.5 Å². The minimum atomic E-state index is 0.122. The van der Waals surface area contributed by atoms with E-state index in [0.29, 0.717) is 12.5 Å². The molecule has 0 aromatic heterocycles. The first-order chi connectivity index (χ1) is 6.72. The summed E-state index contributed by atoms with van der Waals surface area (Å²) < 4.78 is 0. The van der Waals surface area contributed by atoms with E-state index in [9.17, 15) is 4.79 Å². The van der Waals surface area contributed by atoms with Crippen molar-refractivity contribution in [2.45, 2.75) is 25.3 Å². The maximum absolute atomic E-state index is 11.0. The van der Waals surface area contributed by atoms with Crippen molar-refractivity contribution in [2.75, 3.05) is 33.7 Å². The predicted molar refractivity (Wildman–Crippen MR) is 57.2 cm³/mol. The molecule has 4 nitrogen and oxygen atoms in total. The van der Waals surface area contributed by atoms with Crippen molar-refractivity contribution in [3.8, 4) is 0 Å². The van der Waals surface area contributed by atoms with Crippen LogP contribution in [0.2, 0.25) is 0 Å². The zero-order valence-electron chi connectivity index (χ0n) is 9.18. The largest absolute Gasteiger partial charge is 0.359 e. The Hall–Kier alpha value is -0.610. The lowest BCUT2D eigenvalue weighted by Crippen LogP contribution is -2.37. The van der Waals surface area contributed by atoms with Crippen LogP contribution in [0.4, 0.5) is 0 Å². The van der Waals surface area contributed by atoms with E-state index in [-0.39, 0.29) is 5.91 Å². The van der Waals surface area contributed by atoms with Crippen LogP contribution >= 0.6 is 0 Å². The Morgan fingerprint density at radius 1 is 1.64 bits per heavy atom. The van der Waals surface area contributed by atoms with Crippen LogP contribution in [0, 0.1) is 0 Å². The Balaban J connectivity index is 2.08. The van der Waals surface area contributed by atoms with E-state index in [1.165, 1.54) is 12.8 Å². The molecule has 0 aromatic rings. The highest BCUT2D eigenvalue weighted by Crippen LogP contribution is 2.05. The number of amides is 1. The SMILES string of the molecule is CNC(=O)CCN(C)C[C@@H]1CCCN1. The monoisotopic (exact) mass is 199 g/mol. The minimum absolute atomic E-state index is 0.122. The molecule has 1 amide bonds. The average molecular weight is 199 g/mol. The number of hydrogen-bond acceptors (Lipinski definition) is 3. The fourth-order valence-corrected chi connectivity index (χ4v) is 1.80. The molecular weight excluding hydrogens is 178 g/mol. The van der Waals surface area contributed by atoms with Crippen LogP contribution in [-0.4, -0.2) is 50.6 Å². The first-order valence-corrected chi connectivity index (χ1v) is 5.35. The van der Waals surface area contributed by atoms with E-state index in [0.717, 1.165) is 19.6 Å². The Morgan fingerprint density at radius 3 is 3.00 bits per heavy atom. The molecule has 1 rings (SSSR count).